The number of ether oxygens (including phenoxy) is 1. The highest BCUT2D eigenvalue weighted by atomic mass is 16.5. The van der Waals surface area contributed by atoms with Crippen LogP contribution in [0.4, 0.5) is 0 Å². The minimum Gasteiger partial charge on any atom is -0.461 e. The van der Waals surface area contributed by atoms with Crippen LogP contribution in [0.25, 0.3) is 0 Å². The van der Waals surface area contributed by atoms with E-state index in [0.29, 0.717) is 6.61 Å². The molecule has 1 heterocycles. The highest BCUT2D eigenvalue weighted by molar-refractivity contribution is 5.86. The maximum Gasteiger partial charge on any atom is 0.358 e. The molecule has 74 valence electrons. The SMILES string of the molecule is CCOC(=O)c1ccn(C(C)C#N)n1. The quantitative estimate of drug-likeness (QED) is 0.675. The van der Waals surface area contributed by atoms with Gasteiger partial charge in [0.1, 0.15) is 6.04 Å². The Hall–Kier alpha value is -1.83. The van der Waals surface area contributed by atoms with Gasteiger partial charge in [0, 0.05) is 6.20 Å². The smallest absolute Gasteiger partial charge is 0.358 e. The van der Waals surface area contributed by atoms with E-state index in [1.807, 2.05) is 6.07 Å². The fraction of sp³-hybridized carbons (Fsp3) is 0.444. The molecule has 5 heteroatoms. The molecule has 0 bridgehead atoms. The van der Waals surface area contributed by atoms with Crippen LogP contribution in [0.3, 0.4) is 0 Å². The third kappa shape index (κ3) is 2.10. The normalized spacial score (nSPS) is 11.8. The Labute approximate surface area is 81.9 Å². The van der Waals surface area contributed by atoms with Crippen molar-refractivity contribution in [3.8, 4) is 6.07 Å². The maximum atomic E-state index is 11.2. The van der Waals surface area contributed by atoms with Crippen LogP contribution in [-0.4, -0.2) is 22.4 Å². The number of hydrogen-bond donors (Lipinski definition) is 0. The van der Waals surface area contributed by atoms with Crippen molar-refractivity contribution in [3.63, 3.8) is 0 Å². The standard InChI is InChI=1S/C9H11N3O2/c1-3-14-9(13)8-4-5-12(11-8)7(2)6-10/h4-5,7H,3H2,1-2H3. The predicted molar refractivity (Wildman–Crippen MR) is 48.5 cm³/mol. The second-order valence-corrected chi connectivity index (χ2v) is 2.71. The Morgan fingerprint density at radius 1 is 1.86 bits per heavy atom. The summed E-state index contributed by atoms with van der Waals surface area (Å²) in [5, 5.41) is 12.5. The molecular weight excluding hydrogens is 182 g/mol. The van der Waals surface area contributed by atoms with Crippen LogP contribution in [0.15, 0.2) is 12.3 Å². The number of carbonyl (C=O) groups excluding carboxylic acids is 1. The number of hydrogen-bond acceptors (Lipinski definition) is 4. The zero-order valence-corrected chi connectivity index (χ0v) is 8.10. The van der Waals surface area contributed by atoms with E-state index in [1.165, 1.54) is 10.7 Å². The van der Waals surface area contributed by atoms with Crippen LogP contribution >= 0.6 is 0 Å². The Balaban J connectivity index is 2.78. The first kappa shape index (κ1) is 10.3. The van der Waals surface area contributed by atoms with Crippen LogP contribution in [0.5, 0.6) is 0 Å². The summed E-state index contributed by atoms with van der Waals surface area (Å²) in [4.78, 5) is 11.2. The number of esters is 1. The average molecular weight is 193 g/mol. The molecule has 0 N–H and O–H groups in total. The lowest BCUT2D eigenvalue weighted by Crippen LogP contribution is -2.08. The van der Waals surface area contributed by atoms with E-state index in [4.69, 9.17) is 10.00 Å². The molecule has 0 aliphatic rings. The molecule has 0 fully saturated rings. The van der Waals surface area contributed by atoms with Gasteiger partial charge in [-0.15, -0.1) is 0 Å². The molecule has 5 nitrogen and oxygen atoms in total. The maximum absolute atomic E-state index is 11.2. The van der Waals surface area contributed by atoms with Gasteiger partial charge in [-0.1, -0.05) is 0 Å². The summed E-state index contributed by atoms with van der Waals surface area (Å²) in [5.74, 6) is -0.462. The number of aromatic nitrogens is 2. The lowest BCUT2D eigenvalue weighted by atomic mass is 10.4. The largest absolute Gasteiger partial charge is 0.461 e. The topological polar surface area (TPSA) is 67.9 Å². The summed E-state index contributed by atoms with van der Waals surface area (Å²) in [7, 11) is 0. The van der Waals surface area contributed by atoms with Crippen molar-refractivity contribution in [2.75, 3.05) is 6.61 Å². The van der Waals surface area contributed by atoms with Gasteiger partial charge in [0.05, 0.1) is 12.7 Å². The molecule has 0 aliphatic carbocycles. The van der Waals surface area contributed by atoms with Gasteiger partial charge >= 0.3 is 5.97 Å². The molecule has 1 aromatic heterocycles. The van der Waals surface area contributed by atoms with E-state index in [2.05, 4.69) is 5.10 Å². The molecular formula is C9H11N3O2. The van der Waals surface area contributed by atoms with Gasteiger partial charge in [0.25, 0.3) is 0 Å². The number of carbonyl (C=O) groups is 1. The van der Waals surface area contributed by atoms with E-state index in [-0.39, 0.29) is 11.7 Å². The zero-order valence-electron chi connectivity index (χ0n) is 8.10. The average Bonchev–Trinajstić information content (AvgIpc) is 2.66. The Morgan fingerprint density at radius 2 is 2.57 bits per heavy atom. The summed E-state index contributed by atoms with van der Waals surface area (Å²) in [6.45, 7) is 3.74. The molecule has 0 radical (unpaired) electrons. The first-order chi connectivity index (χ1) is 6.69. The lowest BCUT2D eigenvalue weighted by molar-refractivity contribution is 0.0518. The lowest BCUT2D eigenvalue weighted by Gasteiger charge is -2.01. The first-order valence-corrected chi connectivity index (χ1v) is 4.31. The van der Waals surface area contributed by atoms with E-state index >= 15 is 0 Å². The summed E-state index contributed by atoms with van der Waals surface area (Å²) in [6.07, 6.45) is 1.58. The Bertz CT molecular complexity index is 364. The van der Waals surface area contributed by atoms with Gasteiger partial charge in [-0.05, 0) is 19.9 Å². The molecule has 0 aliphatic heterocycles. The van der Waals surface area contributed by atoms with Crippen molar-refractivity contribution < 1.29 is 9.53 Å². The minimum atomic E-state index is -0.462. The van der Waals surface area contributed by atoms with Crippen molar-refractivity contribution in [1.82, 2.24) is 9.78 Å². The van der Waals surface area contributed by atoms with Crippen LogP contribution in [0.2, 0.25) is 0 Å². The van der Waals surface area contributed by atoms with E-state index in [9.17, 15) is 4.79 Å². The first-order valence-electron chi connectivity index (χ1n) is 4.31. The summed E-state index contributed by atoms with van der Waals surface area (Å²) < 4.78 is 6.18. The second-order valence-electron chi connectivity index (χ2n) is 2.71. The number of rotatable bonds is 3. The van der Waals surface area contributed by atoms with Gasteiger partial charge in [-0.3, -0.25) is 4.68 Å². The predicted octanol–water partition coefficient (Wildman–Crippen LogP) is 1.14. The van der Waals surface area contributed by atoms with Crippen LogP contribution in [-0.2, 0) is 4.74 Å². The van der Waals surface area contributed by atoms with Crippen molar-refractivity contribution in [2.24, 2.45) is 0 Å². The van der Waals surface area contributed by atoms with Crippen LogP contribution in [0, 0.1) is 11.3 Å². The summed E-state index contributed by atoms with van der Waals surface area (Å²) >= 11 is 0. The fourth-order valence-corrected chi connectivity index (χ4v) is 0.927. The molecule has 0 saturated carbocycles. The summed E-state index contributed by atoms with van der Waals surface area (Å²) in [6, 6.07) is 3.17. The van der Waals surface area contributed by atoms with Crippen molar-refractivity contribution >= 4 is 5.97 Å². The molecule has 14 heavy (non-hydrogen) atoms. The van der Waals surface area contributed by atoms with Crippen molar-refractivity contribution in [3.05, 3.63) is 18.0 Å². The Morgan fingerprint density at radius 3 is 3.14 bits per heavy atom. The van der Waals surface area contributed by atoms with Crippen molar-refractivity contribution in [1.29, 1.82) is 5.26 Å². The second kappa shape index (κ2) is 4.42. The zero-order chi connectivity index (χ0) is 10.6. The van der Waals surface area contributed by atoms with Gasteiger partial charge in [-0.2, -0.15) is 10.4 Å². The third-order valence-electron chi connectivity index (χ3n) is 1.68. The Kier molecular flexibility index (Phi) is 3.24. The van der Waals surface area contributed by atoms with Crippen molar-refractivity contribution in [2.45, 2.75) is 19.9 Å². The molecule has 0 spiro atoms. The van der Waals surface area contributed by atoms with Gasteiger partial charge in [0.15, 0.2) is 5.69 Å². The third-order valence-corrected chi connectivity index (χ3v) is 1.68. The molecule has 1 atom stereocenters. The highest BCUT2D eigenvalue weighted by Gasteiger charge is 2.12. The number of nitriles is 1. The fourth-order valence-electron chi connectivity index (χ4n) is 0.927. The summed E-state index contributed by atoms with van der Waals surface area (Å²) in [5.41, 5.74) is 0.231. The highest BCUT2D eigenvalue weighted by Crippen LogP contribution is 2.05. The monoisotopic (exact) mass is 193 g/mol. The molecule has 0 aromatic carbocycles. The van der Waals surface area contributed by atoms with Gasteiger partial charge in [-0.25, -0.2) is 4.79 Å². The molecule has 1 rings (SSSR count). The van der Waals surface area contributed by atoms with E-state index < -0.39 is 5.97 Å². The molecule has 0 amide bonds. The van der Waals surface area contributed by atoms with Gasteiger partial charge in [0.2, 0.25) is 0 Å². The molecule has 1 unspecified atom stereocenters. The van der Waals surface area contributed by atoms with E-state index in [1.54, 1.807) is 20.0 Å². The van der Waals surface area contributed by atoms with Crippen LogP contribution < -0.4 is 0 Å². The minimum absolute atomic E-state index is 0.231. The van der Waals surface area contributed by atoms with Crippen LogP contribution in [0.1, 0.15) is 30.4 Å². The van der Waals surface area contributed by atoms with E-state index in [0.717, 1.165) is 0 Å². The number of nitrogens with zero attached hydrogens (tertiary/aromatic N) is 3. The molecule has 1 aromatic rings. The van der Waals surface area contributed by atoms with Gasteiger partial charge < -0.3 is 4.74 Å². The molecule has 0 saturated heterocycles.